The standard InChI is InChI=1S/C15H16N2O/c1-11-6-7-13(10-17-11)15(18)14-5-3-2-4-12(14)8-9-16/h2-7,10H,8-9,16H2,1H3. The summed E-state index contributed by atoms with van der Waals surface area (Å²) in [7, 11) is 0. The summed E-state index contributed by atoms with van der Waals surface area (Å²) < 4.78 is 0. The lowest BCUT2D eigenvalue weighted by atomic mass is 9.97. The molecular weight excluding hydrogens is 224 g/mol. The predicted molar refractivity (Wildman–Crippen MR) is 71.6 cm³/mol. The van der Waals surface area contributed by atoms with Crippen LogP contribution in [0.25, 0.3) is 0 Å². The second kappa shape index (κ2) is 5.56. The van der Waals surface area contributed by atoms with Gasteiger partial charge in [0, 0.05) is 23.0 Å². The van der Waals surface area contributed by atoms with Gasteiger partial charge in [0.05, 0.1) is 0 Å². The monoisotopic (exact) mass is 240 g/mol. The van der Waals surface area contributed by atoms with Crippen LogP contribution in [0.2, 0.25) is 0 Å². The molecule has 0 saturated carbocycles. The van der Waals surface area contributed by atoms with E-state index >= 15 is 0 Å². The Bertz CT molecular complexity index is 547. The molecule has 1 heterocycles. The molecule has 0 amide bonds. The van der Waals surface area contributed by atoms with Crippen molar-refractivity contribution in [3.8, 4) is 0 Å². The minimum atomic E-state index is 0.00606. The van der Waals surface area contributed by atoms with Gasteiger partial charge in [0.15, 0.2) is 5.78 Å². The Morgan fingerprint density at radius 3 is 2.67 bits per heavy atom. The summed E-state index contributed by atoms with van der Waals surface area (Å²) in [5, 5.41) is 0. The Balaban J connectivity index is 2.36. The summed E-state index contributed by atoms with van der Waals surface area (Å²) in [4.78, 5) is 16.5. The number of ketones is 1. The molecule has 3 heteroatoms. The highest BCUT2D eigenvalue weighted by atomic mass is 16.1. The molecule has 92 valence electrons. The van der Waals surface area contributed by atoms with Crippen LogP contribution in [-0.4, -0.2) is 17.3 Å². The van der Waals surface area contributed by atoms with Crippen molar-refractivity contribution in [2.24, 2.45) is 5.73 Å². The number of pyridine rings is 1. The summed E-state index contributed by atoms with van der Waals surface area (Å²) in [5.74, 6) is 0.00606. The fraction of sp³-hybridized carbons (Fsp3) is 0.200. The average molecular weight is 240 g/mol. The van der Waals surface area contributed by atoms with Crippen LogP contribution < -0.4 is 5.73 Å². The topological polar surface area (TPSA) is 56.0 Å². The SMILES string of the molecule is Cc1ccc(C(=O)c2ccccc2CCN)cn1. The number of nitrogens with two attached hydrogens (primary N) is 1. The van der Waals surface area contributed by atoms with Gasteiger partial charge >= 0.3 is 0 Å². The van der Waals surface area contributed by atoms with E-state index in [1.54, 1.807) is 6.20 Å². The van der Waals surface area contributed by atoms with Gasteiger partial charge in [-0.15, -0.1) is 0 Å². The number of hydrogen-bond donors (Lipinski definition) is 1. The van der Waals surface area contributed by atoms with E-state index in [1.807, 2.05) is 43.3 Å². The van der Waals surface area contributed by atoms with Crippen molar-refractivity contribution in [1.29, 1.82) is 0 Å². The van der Waals surface area contributed by atoms with Crippen LogP contribution in [0.5, 0.6) is 0 Å². The smallest absolute Gasteiger partial charge is 0.194 e. The second-order valence-corrected chi connectivity index (χ2v) is 4.21. The first-order chi connectivity index (χ1) is 8.72. The second-order valence-electron chi connectivity index (χ2n) is 4.21. The largest absolute Gasteiger partial charge is 0.330 e. The van der Waals surface area contributed by atoms with E-state index in [9.17, 15) is 4.79 Å². The molecular formula is C15H16N2O. The number of aryl methyl sites for hydroxylation is 1. The highest BCUT2D eigenvalue weighted by Crippen LogP contribution is 2.14. The number of nitrogens with zero attached hydrogens (tertiary/aromatic N) is 1. The number of benzene rings is 1. The van der Waals surface area contributed by atoms with Gasteiger partial charge in [-0.2, -0.15) is 0 Å². The molecule has 0 aliphatic carbocycles. The van der Waals surface area contributed by atoms with Crippen LogP contribution in [0, 0.1) is 6.92 Å². The highest BCUT2D eigenvalue weighted by Gasteiger charge is 2.12. The summed E-state index contributed by atoms with van der Waals surface area (Å²) in [6, 6.07) is 11.2. The lowest BCUT2D eigenvalue weighted by molar-refractivity contribution is 0.103. The lowest BCUT2D eigenvalue weighted by Gasteiger charge is -2.07. The Hall–Kier alpha value is -2.00. The maximum absolute atomic E-state index is 12.4. The third kappa shape index (κ3) is 2.63. The highest BCUT2D eigenvalue weighted by molar-refractivity contribution is 6.09. The van der Waals surface area contributed by atoms with Crippen molar-refractivity contribution in [2.45, 2.75) is 13.3 Å². The summed E-state index contributed by atoms with van der Waals surface area (Å²) in [6.07, 6.45) is 2.33. The molecule has 0 aliphatic heterocycles. The van der Waals surface area contributed by atoms with Gasteiger partial charge in [0.1, 0.15) is 0 Å². The van der Waals surface area contributed by atoms with Crippen molar-refractivity contribution < 1.29 is 4.79 Å². The first-order valence-electron chi connectivity index (χ1n) is 5.97. The van der Waals surface area contributed by atoms with Crippen LogP contribution in [0.4, 0.5) is 0 Å². The molecule has 2 N–H and O–H groups in total. The molecule has 2 aromatic rings. The maximum Gasteiger partial charge on any atom is 0.194 e. The van der Waals surface area contributed by atoms with E-state index in [4.69, 9.17) is 5.73 Å². The molecule has 3 nitrogen and oxygen atoms in total. The Morgan fingerprint density at radius 1 is 1.22 bits per heavy atom. The Morgan fingerprint density at radius 2 is 2.00 bits per heavy atom. The quantitative estimate of drug-likeness (QED) is 0.833. The zero-order chi connectivity index (χ0) is 13.0. The van der Waals surface area contributed by atoms with E-state index in [-0.39, 0.29) is 5.78 Å². The fourth-order valence-corrected chi connectivity index (χ4v) is 1.87. The summed E-state index contributed by atoms with van der Waals surface area (Å²) in [5.41, 5.74) is 8.79. The van der Waals surface area contributed by atoms with Crippen LogP contribution in [0.15, 0.2) is 42.6 Å². The average Bonchev–Trinajstić information content (AvgIpc) is 2.40. The summed E-state index contributed by atoms with van der Waals surface area (Å²) >= 11 is 0. The van der Waals surface area contributed by atoms with E-state index in [0.29, 0.717) is 24.1 Å². The van der Waals surface area contributed by atoms with Crippen molar-refractivity contribution in [1.82, 2.24) is 4.98 Å². The zero-order valence-corrected chi connectivity index (χ0v) is 10.4. The molecule has 0 unspecified atom stereocenters. The number of carbonyl (C=O) groups excluding carboxylic acids is 1. The first-order valence-corrected chi connectivity index (χ1v) is 5.97. The molecule has 18 heavy (non-hydrogen) atoms. The first kappa shape index (κ1) is 12.5. The van der Waals surface area contributed by atoms with Gasteiger partial charge in [-0.05, 0) is 37.6 Å². The number of aromatic nitrogens is 1. The normalized spacial score (nSPS) is 10.3. The van der Waals surface area contributed by atoms with Gasteiger partial charge in [0.25, 0.3) is 0 Å². The molecule has 0 saturated heterocycles. The third-order valence-corrected chi connectivity index (χ3v) is 2.85. The molecule has 0 fully saturated rings. The Kier molecular flexibility index (Phi) is 3.85. The van der Waals surface area contributed by atoms with Gasteiger partial charge < -0.3 is 5.73 Å². The van der Waals surface area contributed by atoms with Crippen molar-refractivity contribution in [3.63, 3.8) is 0 Å². The van der Waals surface area contributed by atoms with Crippen molar-refractivity contribution in [3.05, 3.63) is 65.0 Å². The number of carbonyl (C=O) groups is 1. The maximum atomic E-state index is 12.4. The summed E-state index contributed by atoms with van der Waals surface area (Å²) in [6.45, 7) is 2.44. The van der Waals surface area contributed by atoms with E-state index in [0.717, 1.165) is 11.3 Å². The van der Waals surface area contributed by atoms with Crippen molar-refractivity contribution in [2.75, 3.05) is 6.54 Å². The van der Waals surface area contributed by atoms with Crippen LogP contribution in [0.3, 0.4) is 0 Å². The van der Waals surface area contributed by atoms with Gasteiger partial charge in [0.2, 0.25) is 0 Å². The van der Waals surface area contributed by atoms with Crippen LogP contribution >= 0.6 is 0 Å². The molecule has 1 aromatic carbocycles. The zero-order valence-electron chi connectivity index (χ0n) is 10.4. The van der Waals surface area contributed by atoms with E-state index < -0.39 is 0 Å². The Labute approximate surface area is 107 Å². The minimum absolute atomic E-state index is 0.00606. The third-order valence-electron chi connectivity index (χ3n) is 2.85. The molecule has 0 bridgehead atoms. The molecule has 0 spiro atoms. The molecule has 0 aliphatic rings. The fourth-order valence-electron chi connectivity index (χ4n) is 1.87. The number of rotatable bonds is 4. The van der Waals surface area contributed by atoms with E-state index in [2.05, 4.69) is 4.98 Å². The van der Waals surface area contributed by atoms with Gasteiger partial charge in [-0.25, -0.2) is 0 Å². The molecule has 2 rings (SSSR count). The van der Waals surface area contributed by atoms with Gasteiger partial charge in [-0.3, -0.25) is 9.78 Å². The lowest BCUT2D eigenvalue weighted by Crippen LogP contribution is -2.10. The molecule has 0 radical (unpaired) electrons. The molecule has 1 aromatic heterocycles. The molecule has 0 atom stereocenters. The minimum Gasteiger partial charge on any atom is -0.330 e. The van der Waals surface area contributed by atoms with E-state index in [1.165, 1.54) is 0 Å². The van der Waals surface area contributed by atoms with Crippen LogP contribution in [-0.2, 0) is 6.42 Å². The predicted octanol–water partition coefficient (Wildman–Crippen LogP) is 2.12. The van der Waals surface area contributed by atoms with Gasteiger partial charge in [-0.1, -0.05) is 24.3 Å². The van der Waals surface area contributed by atoms with Crippen molar-refractivity contribution >= 4 is 5.78 Å². The van der Waals surface area contributed by atoms with Crippen LogP contribution in [0.1, 0.15) is 27.2 Å². The number of hydrogen-bond acceptors (Lipinski definition) is 3.